The average molecular weight is 618 g/mol. The van der Waals surface area contributed by atoms with Gasteiger partial charge in [0.2, 0.25) is 11.8 Å². The zero-order valence-corrected chi connectivity index (χ0v) is 25.9. The first-order chi connectivity index (χ1) is 20.7. The predicted octanol–water partition coefficient (Wildman–Crippen LogP) is 6.01. The smallest absolute Gasteiger partial charge is 0.264 e. The normalized spacial score (nSPS) is 11.9. The molecule has 0 bridgehead atoms. The summed E-state index contributed by atoms with van der Waals surface area (Å²) in [5.41, 5.74) is 2.58. The molecule has 4 rings (SSSR count). The quantitative estimate of drug-likeness (QED) is 0.199. The maximum Gasteiger partial charge on any atom is 0.264 e. The lowest BCUT2D eigenvalue weighted by Gasteiger charge is -2.34. The summed E-state index contributed by atoms with van der Waals surface area (Å²) in [5, 5.41) is 3.39. The first-order valence-corrected chi connectivity index (χ1v) is 16.0. The zero-order valence-electron chi connectivity index (χ0n) is 24.3. The number of aryl methyl sites for hydroxylation is 1. The van der Waals surface area contributed by atoms with Gasteiger partial charge in [0.05, 0.1) is 10.6 Å². The summed E-state index contributed by atoms with van der Waals surface area (Å²) in [4.78, 5) is 29.6. The molecule has 1 N–H and O–H groups in total. The van der Waals surface area contributed by atoms with E-state index in [0.717, 1.165) is 16.3 Å². The van der Waals surface area contributed by atoms with E-state index in [-0.39, 0.29) is 23.8 Å². The van der Waals surface area contributed by atoms with Crippen LogP contribution in [-0.2, 0) is 32.6 Å². The van der Waals surface area contributed by atoms with Crippen LogP contribution in [0.1, 0.15) is 30.0 Å². The number of rotatable bonds is 13. The molecular weight excluding hydrogens is 582 g/mol. The van der Waals surface area contributed by atoms with Gasteiger partial charge in [-0.2, -0.15) is 0 Å². The number of benzene rings is 4. The third-order valence-electron chi connectivity index (χ3n) is 7.11. The fraction of sp³-hybridized carbons (Fsp3) is 0.235. The third-order valence-corrected chi connectivity index (χ3v) is 9.26. The summed E-state index contributed by atoms with van der Waals surface area (Å²) in [6, 6.07) is 30.7. The minimum atomic E-state index is -4.15. The van der Waals surface area contributed by atoms with Gasteiger partial charge in [0.1, 0.15) is 12.6 Å². The fourth-order valence-electron chi connectivity index (χ4n) is 4.81. The highest BCUT2D eigenvalue weighted by molar-refractivity contribution is 7.92. The molecule has 1 atom stereocenters. The van der Waals surface area contributed by atoms with Crippen LogP contribution >= 0.6 is 11.6 Å². The van der Waals surface area contributed by atoms with Gasteiger partial charge in [-0.25, -0.2) is 8.42 Å². The van der Waals surface area contributed by atoms with Crippen molar-refractivity contribution in [2.45, 2.75) is 44.2 Å². The van der Waals surface area contributed by atoms with Crippen molar-refractivity contribution in [2.75, 3.05) is 17.4 Å². The molecular formula is C34H36ClN3O4S. The van der Waals surface area contributed by atoms with Crippen LogP contribution in [0.5, 0.6) is 0 Å². The SMILES string of the molecule is CCCNC(=O)C(Cc1ccccc1)N(Cc1ccccc1Cl)C(=O)CN(c1ccccc1C)S(=O)(=O)c1ccccc1. The molecule has 0 saturated carbocycles. The number of anilines is 1. The second-order valence-corrected chi connectivity index (χ2v) is 12.5. The van der Waals surface area contributed by atoms with E-state index in [0.29, 0.717) is 28.4 Å². The molecule has 0 spiro atoms. The van der Waals surface area contributed by atoms with Gasteiger partial charge in [0.15, 0.2) is 0 Å². The second-order valence-electron chi connectivity index (χ2n) is 10.2. The number of carbonyl (C=O) groups is 2. The van der Waals surface area contributed by atoms with Crippen LogP contribution in [0.3, 0.4) is 0 Å². The average Bonchev–Trinajstić information content (AvgIpc) is 3.02. The van der Waals surface area contributed by atoms with Crippen LogP contribution in [0.25, 0.3) is 0 Å². The van der Waals surface area contributed by atoms with Crippen LogP contribution in [0.2, 0.25) is 5.02 Å². The van der Waals surface area contributed by atoms with Gasteiger partial charge in [-0.05, 0) is 54.3 Å². The topological polar surface area (TPSA) is 86.8 Å². The minimum absolute atomic E-state index is 0.0164. The van der Waals surface area contributed by atoms with E-state index in [1.54, 1.807) is 61.5 Å². The molecule has 0 heterocycles. The van der Waals surface area contributed by atoms with E-state index in [1.165, 1.54) is 17.0 Å². The standard InChI is InChI=1S/C34H36ClN3O4S/c1-3-22-36-34(40)32(23-27-15-6-4-7-16-27)37(24-28-17-11-12-20-30(28)35)33(39)25-38(31-21-13-10-14-26(31)2)43(41,42)29-18-8-5-9-19-29/h4-21,32H,3,22-25H2,1-2H3,(H,36,40). The molecule has 0 aliphatic carbocycles. The largest absolute Gasteiger partial charge is 0.354 e. The Balaban J connectivity index is 1.81. The van der Waals surface area contributed by atoms with Crippen molar-refractivity contribution in [3.05, 3.63) is 131 Å². The Kier molecular flexibility index (Phi) is 11.0. The second kappa shape index (κ2) is 14.8. The van der Waals surface area contributed by atoms with Gasteiger partial charge in [-0.3, -0.25) is 13.9 Å². The molecule has 0 aromatic heterocycles. The van der Waals surface area contributed by atoms with E-state index in [9.17, 15) is 18.0 Å². The van der Waals surface area contributed by atoms with Gasteiger partial charge in [0, 0.05) is 24.5 Å². The summed E-state index contributed by atoms with van der Waals surface area (Å²) >= 11 is 6.53. The molecule has 0 fully saturated rings. The number of sulfonamides is 1. The summed E-state index contributed by atoms with van der Waals surface area (Å²) in [7, 11) is -4.15. The summed E-state index contributed by atoms with van der Waals surface area (Å²) in [6.45, 7) is 3.69. The van der Waals surface area contributed by atoms with Crippen molar-refractivity contribution in [3.63, 3.8) is 0 Å². The molecule has 0 radical (unpaired) electrons. The highest BCUT2D eigenvalue weighted by Gasteiger charge is 2.35. The maximum absolute atomic E-state index is 14.4. The van der Waals surface area contributed by atoms with Gasteiger partial charge >= 0.3 is 0 Å². The first kappa shape index (κ1) is 31.8. The van der Waals surface area contributed by atoms with Crippen molar-refractivity contribution in [2.24, 2.45) is 0 Å². The Morgan fingerprint density at radius 3 is 2.09 bits per heavy atom. The molecule has 4 aromatic rings. The molecule has 4 aromatic carbocycles. The molecule has 1 unspecified atom stereocenters. The lowest BCUT2D eigenvalue weighted by Crippen LogP contribution is -2.53. The van der Waals surface area contributed by atoms with Crippen molar-refractivity contribution in [1.82, 2.24) is 10.2 Å². The fourth-order valence-corrected chi connectivity index (χ4v) is 6.50. The molecule has 43 heavy (non-hydrogen) atoms. The predicted molar refractivity (Wildman–Crippen MR) is 171 cm³/mol. The highest BCUT2D eigenvalue weighted by atomic mass is 35.5. The third kappa shape index (κ3) is 8.03. The Hall–Kier alpha value is -4.14. The van der Waals surface area contributed by atoms with Gasteiger partial charge in [0.25, 0.3) is 10.0 Å². The first-order valence-electron chi connectivity index (χ1n) is 14.2. The Bertz CT molecular complexity index is 1630. The van der Waals surface area contributed by atoms with E-state index >= 15 is 0 Å². The maximum atomic E-state index is 14.4. The van der Waals surface area contributed by atoms with Crippen LogP contribution in [0, 0.1) is 6.92 Å². The molecule has 0 saturated heterocycles. The van der Waals surface area contributed by atoms with Crippen molar-refractivity contribution in [3.8, 4) is 0 Å². The summed E-state index contributed by atoms with van der Waals surface area (Å²) < 4.78 is 29.2. The highest BCUT2D eigenvalue weighted by Crippen LogP contribution is 2.28. The summed E-state index contributed by atoms with van der Waals surface area (Å²) in [5.74, 6) is -0.852. The minimum Gasteiger partial charge on any atom is -0.354 e. The number of nitrogens with zero attached hydrogens (tertiary/aromatic N) is 2. The van der Waals surface area contributed by atoms with Crippen LogP contribution in [-0.4, -0.2) is 44.3 Å². The molecule has 0 aliphatic heterocycles. The van der Waals surface area contributed by atoms with Crippen LogP contribution < -0.4 is 9.62 Å². The Morgan fingerprint density at radius 1 is 0.837 bits per heavy atom. The number of para-hydroxylation sites is 1. The van der Waals surface area contributed by atoms with E-state index in [2.05, 4.69) is 5.32 Å². The van der Waals surface area contributed by atoms with Gasteiger partial charge < -0.3 is 10.2 Å². The zero-order chi connectivity index (χ0) is 30.8. The molecule has 2 amide bonds. The number of hydrogen-bond acceptors (Lipinski definition) is 4. The molecule has 0 aliphatic rings. The van der Waals surface area contributed by atoms with E-state index in [4.69, 9.17) is 11.6 Å². The van der Waals surface area contributed by atoms with Crippen LogP contribution in [0.4, 0.5) is 5.69 Å². The number of carbonyl (C=O) groups excluding carboxylic acids is 2. The van der Waals surface area contributed by atoms with Crippen molar-refractivity contribution < 1.29 is 18.0 Å². The number of halogens is 1. The van der Waals surface area contributed by atoms with Gasteiger partial charge in [-0.15, -0.1) is 0 Å². The molecule has 7 nitrogen and oxygen atoms in total. The van der Waals surface area contributed by atoms with Crippen molar-refractivity contribution >= 4 is 39.1 Å². The monoisotopic (exact) mass is 617 g/mol. The van der Waals surface area contributed by atoms with Crippen LogP contribution in [0.15, 0.2) is 114 Å². The number of amides is 2. The van der Waals surface area contributed by atoms with Crippen molar-refractivity contribution in [1.29, 1.82) is 0 Å². The molecule has 224 valence electrons. The Labute approximate surface area is 259 Å². The lowest BCUT2D eigenvalue weighted by atomic mass is 10.0. The van der Waals surface area contributed by atoms with E-state index < -0.39 is 28.5 Å². The van der Waals surface area contributed by atoms with E-state index in [1.807, 2.05) is 49.4 Å². The lowest BCUT2D eigenvalue weighted by molar-refractivity contribution is -0.140. The summed E-state index contributed by atoms with van der Waals surface area (Å²) in [6.07, 6.45) is 0.959. The molecule has 9 heteroatoms. The number of hydrogen-bond donors (Lipinski definition) is 1. The van der Waals surface area contributed by atoms with Gasteiger partial charge in [-0.1, -0.05) is 103 Å². The Morgan fingerprint density at radius 2 is 1.44 bits per heavy atom. The number of nitrogens with one attached hydrogen (secondary N) is 1.